The van der Waals surface area contributed by atoms with Crippen LogP contribution >= 0.6 is 11.8 Å². The topological polar surface area (TPSA) is 74.5 Å². The van der Waals surface area contributed by atoms with E-state index < -0.39 is 5.56 Å². The summed E-state index contributed by atoms with van der Waals surface area (Å²) in [5.74, 6) is 0.679. The largest absolute Gasteiger partial charge is 0.341 e. The first kappa shape index (κ1) is 20.1. The summed E-state index contributed by atoms with van der Waals surface area (Å²) in [6, 6.07) is 26.4. The van der Waals surface area contributed by atoms with Gasteiger partial charge in [-0.15, -0.1) is 0 Å². The molecular formula is C26H20N4OS. The van der Waals surface area contributed by atoms with Crippen molar-refractivity contribution in [3.8, 4) is 17.3 Å². The van der Waals surface area contributed by atoms with E-state index in [0.717, 1.165) is 34.0 Å². The molecule has 2 aromatic heterocycles. The van der Waals surface area contributed by atoms with Gasteiger partial charge in [0.1, 0.15) is 11.6 Å². The number of fused-ring (bicyclic) bond motifs is 3. The first-order chi connectivity index (χ1) is 15.7. The van der Waals surface area contributed by atoms with Crippen molar-refractivity contribution in [1.29, 1.82) is 5.26 Å². The fourth-order valence-corrected chi connectivity index (χ4v) is 4.92. The number of rotatable bonds is 5. The summed E-state index contributed by atoms with van der Waals surface area (Å²) in [5.41, 5.74) is 4.24. The maximum atomic E-state index is 12.7. The van der Waals surface area contributed by atoms with Crippen LogP contribution in [0.3, 0.4) is 0 Å². The highest BCUT2D eigenvalue weighted by molar-refractivity contribution is 7.98. The molecule has 32 heavy (non-hydrogen) atoms. The number of nitrogens with one attached hydrogen (secondary N) is 1. The quantitative estimate of drug-likeness (QED) is 0.282. The second kappa shape index (κ2) is 8.37. The molecule has 0 aliphatic rings. The van der Waals surface area contributed by atoms with E-state index in [2.05, 4.69) is 39.7 Å². The minimum atomic E-state index is -0.413. The number of nitriles is 1. The molecule has 0 fully saturated rings. The van der Waals surface area contributed by atoms with Crippen molar-refractivity contribution in [3.05, 3.63) is 94.3 Å². The number of nitrogens with zero attached hydrogens (tertiary/aromatic N) is 3. The Morgan fingerprint density at radius 2 is 1.75 bits per heavy atom. The first-order valence-corrected chi connectivity index (χ1v) is 11.4. The molecule has 0 amide bonds. The predicted octanol–water partition coefficient (Wildman–Crippen LogP) is 5.73. The predicted molar refractivity (Wildman–Crippen MR) is 130 cm³/mol. The standard InChI is InChI=1S/C26H20N4OS/c1-2-30-22-11-7-6-10-19(22)20-14-18(12-13-23(20)30)24-21(15-27)25(31)29-26(28-24)32-16-17-8-4-3-5-9-17/h3-14H,2,16H2,1H3,(H,28,29,31). The number of para-hydroxylation sites is 1. The van der Waals surface area contributed by atoms with E-state index in [1.165, 1.54) is 17.3 Å². The molecule has 0 saturated carbocycles. The van der Waals surface area contributed by atoms with Gasteiger partial charge in [0.2, 0.25) is 0 Å². The fraction of sp³-hybridized carbons (Fsp3) is 0.115. The number of hydrogen-bond acceptors (Lipinski definition) is 4. The van der Waals surface area contributed by atoms with Crippen molar-refractivity contribution < 1.29 is 0 Å². The second-order valence-corrected chi connectivity index (χ2v) is 8.44. The Bertz CT molecular complexity index is 1540. The van der Waals surface area contributed by atoms with Gasteiger partial charge in [-0.05, 0) is 30.7 Å². The molecule has 0 spiro atoms. The van der Waals surface area contributed by atoms with Crippen molar-refractivity contribution in [3.63, 3.8) is 0 Å². The van der Waals surface area contributed by atoms with Crippen molar-refractivity contribution in [2.24, 2.45) is 0 Å². The van der Waals surface area contributed by atoms with Crippen molar-refractivity contribution >= 4 is 33.6 Å². The van der Waals surface area contributed by atoms with Crippen molar-refractivity contribution in [2.75, 3.05) is 0 Å². The summed E-state index contributed by atoms with van der Waals surface area (Å²) in [4.78, 5) is 20.1. The number of thioether (sulfide) groups is 1. The lowest BCUT2D eigenvalue weighted by molar-refractivity contribution is 0.827. The Hall–Kier alpha value is -3.82. The Balaban J connectivity index is 1.63. The molecule has 5 rings (SSSR count). The average molecular weight is 437 g/mol. The molecule has 5 nitrogen and oxygen atoms in total. The van der Waals surface area contributed by atoms with E-state index in [9.17, 15) is 10.1 Å². The van der Waals surface area contributed by atoms with Gasteiger partial charge in [0.15, 0.2) is 5.16 Å². The van der Waals surface area contributed by atoms with Gasteiger partial charge in [-0.3, -0.25) is 4.79 Å². The van der Waals surface area contributed by atoms with Crippen molar-refractivity contribution in [1.82, 2.24) is 14.5 Å². The Morgan fingerprint density at radius 3 is 2.53 bits per heavy atom. The number of H-pyrrole nitrogens is 1. The maximum absolute atomic E-state index is 12.7. The molecule has 0 radical (unpaired) electrons. The number of aryl methyl sites for hydroxylation is 1. The number of aromatic nitrogens is 3. The van der Waals surface area contributed by atoms with Gasteiger partial charge in [-0.25, -0.2) is 4.98 Å². The second-order valence-electron chi connectivity index (χ2n) is 7.47. The van der Waals surface area contributed by atoms with E-state index in [1.54, 1.807) is 0 Å². The lowest BCUT2D eigenvalue weighted by Crippen LogP contribution is -2.14. The smallest absolute Gasteiger partial charge is 0.270 e. The zero-order valence-electron chi connectivity index (χ0n) is 17.5. The van der Waals surface area contributed by atoms with E-state index in [4.69, 9.17) is 0 Å². The van der Waals surface area contributed by atoms with Crippen LogP contribution in [0.25, 0.3) is 33.1 Å². The average Bonchev–Trinajstić information content (AvgIpc) is 3.16. The molecule has 0 aliphatic heterocycles. The minimum absolute atomic E-state index is 0.0349. The lowest BCUT2D eigenvalue weighted by atomic mass is 10.0. The van der Waals surface area contributed by atoms with Gasteiger partial charge in [-0.1, -0.05) is 66.4 Å². The monoisotopic (exact) mass is 436 g/mol. The van der Waals surface area contributed by atoms with Crippen LogP contribution in [0, 0.1) is 11.3 Å². The molecular weight excluding hydrogens is 416 g/mol. The Labute approximate surface area is 189 Å². The van der Waals surface area contributed by atoms with Gasteiger partial charge in [0.25, 0.3) is 5.56 Å². The molecule has 6 heteroatoms. The van der Waals surface area contributed by atoms with Crippen LogP contribution in [0.1, 0.15) is 18.1 Å². The molecule has 0 aliphatic carbocycles. The summed E-state index contributed by atoms with van der Waals surface area (Å²) >= 11 is 1.45. The zero-order valence-corrected chi connectivity index (χ0v) is 18.3. The van der Waals surface area contributed by atoms with Crippen LogP contribution in [0.5, 0.6) is 0 Å². The maximum Gasteiger partial charge on any atom is 0.270 e. The van der Waals surface area contributed by atoms with Gasteiger partial charge in [0.05, 0.1) is 5.69 Å². The molecule has 2 heterocycles. The summed E-state index contributed by atoms with van der Waals surface area (Å²) in [7, 11) is 0. The normalized spacial score (nSPS) is 11.1. The third kappa shape index (κ3) is 3.47. The van der Waals surface area contributed by atoms with Crippen LogP contribution in [-0.4, -0.2) is 14.5 Å². The van der Waals surface area contributed by atoms with E-state index >= 15 is 0 Å². The fourth-order valence-electron chi connectivity index (χ4n) is 4.10. The van der Waals surface area contributed by atoms with E-state index in [0.29, 0.717) is 16.6 Å². The Kier molecular flexibility index (Phi) is 5.26. The molecule has 156 valence electrons. The van der Waals surface area contributed by atoms with Gasteiger partial charge in [-0.2, -0.15) is 5.26 Å². The highest BCUT2D eigenvalue weighted by Crippen LogP contribution is 2.33. The molecule has 0 atom stereocenters. The molecule has 3 aromatic carbocycles. The minimum Gasteiger partial charge on any atom is -0.341 e. The number of aromatic amines is 1. The SMILES string of the molecule is CCn1c2ccccc2c2cc(-c3nc(SCc4ccccc4)[nH]c(=O)c3C#N)ccc21. The molecule has 0 unspecified atom stereocenters. The third-order valence-corrected chi connectivity index (χ3v) is 6.53. The van der Waals surface area contributed by atoms with Crippen LogP contribution in [0.2, 0.25) is 0 Å². The molecule has 5 aromatic rings. The Morgan fingerprint density at radius 1 is 1.00 bits per heavy atom. The summed E-state index contributed by atoms with van der Waals surface area (Å²) < 4.78 is 2.27. The van der Waals surface area contributed by atoms with E-state index in [-0.39, 0.29) is 5.56 Å². The summed E-state index contributed by atoms with van der Waals surface area (Å²) in [5, 5.41) is 12.4. The first-order valence-electron chi connectivity index (χ1n) is 10.4. The highest BCUT2D eigenvalue weighted by Gasteiger charge is 2.16. The van der Waals surface area contributed by atoms with Gasteiger partial charge < -0.3 is 9.55 Å². The summed E-state index contributed by atoms with van der Waals surface area (Å²) in [6.07, 6.45) is 0. The molecule has 0 saturated heterocycles. The molecule has 1 N–H and O–H groups in total. The third-order valence-electron chi connectivity index (χ3n) is 5.59. The number of benzene rings is 3. The molecule has 0 bridgehead atoms. The zero-order chi connectivity index (χ0) is 22.1. The van der Waals surface area contributed by atoms with E-state index in [1.807, 2.05) is 60.7 Å². The van der Waals surface area contributed by atoms with Crippen LogP contribution < -0.4 is 5.56 Å². The van der Waals surface area contributed by atoms with Gasteiger partial charge >= 0.3 is 0 Å². The van der Waals surface area contributed by atoms with Crippen LogP contribution in [0.4, 0.5) is 0 Å². The van der Waals surface area contributed by atoms with Gasteiger partial charge in [0, 0.05) is 39.7 Å². The lowest BCUT2D eigenvalue weighted by Gasteiger charge is -2.08. The van der Waals surface area contributed by atoms with Crippen LogP contribution in [-0.2, 0) is 12.3 Å². The highest BCUT2D eigenvalue weighted by atomic mass is 32.2. The summed E-state index contributed by atoms with van der Waals surface area (Å²) in [6.45, 7) is 2.98. The van der Waals surface area contributed by atoms with Crippen LogP contribution in [0.15, 0.2) is 82.7 Å². The van der Waals surface area contributed by atoms with Crippen molar-refractivity contribution in [2.45, 2.75) is 24.4 Å². The number of hydrogen-bond donors (Lipinski definition) is 1.